The lowest BCUT2D eigenvalue weighted by atomic mass is 9.69. The lowest BCUT2D eigenvalue weighted by molar-refractivity contribution is -0.122. The van der Waals surface area contributed by atoms with Crippen molar-refractivity contribution in [3.8, 4) is 0 Å². The molecule has 1 N–H and O–H groups in total. The van der Waals surface area contributed by atoms with Crippen LogP contribution in [0.5, 0.6) is 0 Å². The first-order valence-corrected chi connectivity index (χ1v) is 8.16. The van der Waals surface area contributed by atoms with Crippen molar-refractivity contribution in [2.45, 2.75) is 58.9 Å². The van der Waals surface area contributed by atoms with Gasteiger partial charge < -0.3 is 5.32 Å². The first kappa shape index (κ1) is 14.6. The molecule has 2 rings (SSSR count). The van der Waals surface area contributed by atoms with Crippen LogP contribution in [-0.2, 0) is 11.2 Å². The van der Waals surface area contributed by atoms with Gasteiger partial charge in [0.05, 0.1) is 6.42 Å². The first-order chi connectivity index (χ1) is 8.97. The van der Waals surface area contributed by atoms with Crippen molar-refractivity contribution in [3.05, 3.63) is 22.4 Å². The van der Waals surface area contributed by atoms with Crippen molar-refractivity contribution < 1.29 is 4.79 Å². The summed E-state index contributed by atoms with van der Waals surface area (Å²) in [6.07, 6.45) is 5.46. The number of amides is 1. The number of rotatable bonds is 3. The second-order valence-corrected chi connectivity index (χ2v) is 7.72. The highest BCUT2D eigenvalue weighted by Gasteiger charge is 2.34. The van der Waals surface area contributed by atoms with Gasteiger partial charge >= 0.3 is 0 Å². The summed E-state index contributed by atoms with van der Waals surface area (Å²) in [6.45, 7) is 6.88. The Hall–Kier alpha value is -0.830. The molecular formula is C16H25NOS. The van der Waals surface area contributed by atoms with Crippen LogP contribution in [0.4, 0.5) is 0 Å². The van der Waals surface area contributed by atoms with E-state index in [0.29, 0.717) is 18.4 Å². The largest absolute Gasteiger partial charge is 0.353 e. The summed E-state index contributed by atoms with van der Waals surface area (Å²) in [5, 5.41) is 5.31. The molecule has 1 saturated carbocycles. The highest BCUT2D eigenvalue weighted by Crippen LogP contribution is 2.38. The third kappa shape index (κ3) is 4.07. The van der Waals surface area contributed by atoms with Gasteiger partial charge in [-0.25, -0.2) is 0 Å². The van der Waals surface area contributed by atoms with Crippen molar-refractivity contribution >= 4 is 17.2 Å². The maximum Gasteiger partial charge on any atom is 0.225 e. The number of hydrogen-bond donors (Lipinski definition) is 1. The van der Waals surface area contributed by atoms with Gasteiger partial charge in [-0.3, -0.25) is 4.79 Å². The standard InChI is InChI=1S/C16H25NOS/c1-16(2,3)13-8-4-5-9-14(13)17-15(18)11-12-7-6-10-19-12/h6-7,10,13-14H,4-5,8-9,11H2,1-3H3,(H,17,18)/t13-,14-/m0/s1. The molecule has 0 radical (unpaired) electrons. The van der Waals surface area contributed by atoms with E-state index >= 15 is 0 Å². The number of hydrogen-bond acceptors (Lipinski definition) is 2. The minimum Gasteiger partial charge on any atom is -0.353 e. The minimum absolute atomic E-state index is 0.184. The molecule has 1 aromatic rings. The van der Waals surface area contributed by atoms with Gasteiger partial charge in [0.1, 0.15) is 0 Å². The Bertz CT molecular complexity index is 405. The Morgan fingerprint density at radius 1 is 1.37 bits per heavy atom. The number of carbonyl (C=O) groups excluding carboxylic acids is 1. The normalized spacial score (nSPS) is 24.2. The molecule has 0 saturated heterocycles. The summed E-state index contributed by atoms with van der Waals surface area (Å²) in [5.74, 6) is 0.789. The average Bonchev–Trinajstić information content (AvgIpc) is 2.81. The molecule has 2 nitrogen and oxygen atoms in total. The maximum atomic E-state index is 12.1. The molecule has 1 amide bonds. The molecule has 1 heterocycles. The van der Waals surface area contributed by atoms with Gasteiger partial charge in [-0.15, -0.1) is 11.3 Å². The molecule has 19 heavy (non-hydrogen) atoms. The van der Waals surface area contributed by atoms with Gasteiger partial charge in [-0.05, 0) is 35.6 Å². The number of thiophene rings is 1. The highest BCUT2D eigenvalue weighted by molar-refractivity contribution is 7.10. The third-order valence-corrected chi connectivity index (χ3v) is 5.02. The van der Waals surface area contributed by atoms with Crippen molar-refractivity contribution in [2.75, 3.05) is 0 Å². The SMILES string of the molecule is CC(C)(C)[C@H]1CCCC[C@@H]1NC(=O)Cc1cccs1. The van der Waals surface area contributed by atoms with E-state index < -0.39 is 0 Å². The van der Waals surface area contributed by atoms with E-state index in [1.165, 1.54) is 19.3 Å². The quantitative estimate of drug-likeness (QED) is 0.890. The Balaban J connectivity index is 1.94. The average molecular weight is 279 g/mol. The maximum absolute atomic E-state index is 12.1. The van der Waals surface area contributed by atoms with Gasteiger partial charge in [0, 0.05) is 10.9 Å². The molecule has 0 bridgehead atoms. The van der Waals surface area contributed by atoms with Crippen LogP contribution in [0, 0.1) is 11.3 Å². The Morgan fingerprint density at radius 2 is 2.11 bits per heavy atom. The summed E-state index contributed by atoms with van der Waals surface area (Å²) < 4.78 is 0. The summed E-state index contributed by atoms with van der Waals surface area (Å²) in [4.78, 5) is 13.3. The van der Waals surface area contributed by atoms with Crippen LogP contribution >= 0.6 is 11.3 Å². The third-order valence-electron chi connectivity index (χ3n) is 4.14. The predicted molar refractivity (Wildman–Crippen MR) is 81.4 cm³/mol. The van der Waals surface area contributed by atoms with E-state index in [9.17, 15) is 4.79 Å². The van der Waals surface area contributed by atoms with Gasteiger partial charge in [0.15, 0.2) is 0 Å². The number of carbonyl (C=O) groups is 1. The molecule has 1 aromatic heterocycles. The lowest BCUT2D eigenvalue weighted by Crippen LogP contribution is -2.47. The summed E-state index contributed by atoms with van der Waals surface area (Å²) in [6, 6.07) is 4.40. The Kier molecular flexibility index (Phi) is 4.67. The van der Waals surface area contributed by atoms with Crippen molar-refractivity contribution in [1.82, 2.24) is 5.32 Å². The van der Waals surface area contributed by atoms with Crippen molar-refractivity contribution in [1.29, 1.82) is 0 Å². The molecule has 1 aliphatic carbocycles. The lowest BCUT2D eigenvalue weighted by Gasteiger charge is -2.40. The highest BCUT2D eigenvalue weighted by atomic mass is 32.1. The van der Waals surface area contributed by atoms with Crippen molar-refractivity contribution in [2.24, 2.45) is 11.3 Å². The summed E-state index contributed by atoms with van der Waals surface area (Å²) >= 11 is 1.66. The molecule has 0 aliphatic heterocycles. The molecule has 3 heteroatoms. The van der Waals surface area contributed by atoms with E-state index in [2.05, 4.69) is 26.1 Å². The van der Waals surface area contributed by atoms with E-state index in [0.717, 1.165) is 11.3 Å². The summed E-state index contributed by atoms with van der Waals surface area (Å²) in [7, 11) is 0. The van der Waals surface area contributed by atoms with E-state index in [1.54, 1.807) is 11.3 Å². The van der Waals surface area contributed by atoms with Gasteiger partial charge in [-0.1, -0.05) is 39.7 Å². The van der Waals surface area contributed by atoms with Crippen LogP contribution in [0.25, 0.3) is 0 Å². The van der Waals surface area contributed by atoms with E-state index in [4.69, 9.17) is 0 Å². The van der Waals surface area contributed by atoms with Crippen molar-refractivity contribution in [3.63, 3.8) is 0 Å². The van der Waals surface area contributed by atoms with Crippen LogP contribution in [-0.4, -0.2) is 11.9 Å². The second kappa shape index (κ2) is 6.08. The molecule has 106 valence electrons. The molecule has 0 spiro atoms. The smallest absolute Gasteiger partial charge is 0.225 e. The zero-order valence-corrected chi connectivity index (χ0v) is 13.1. The molecule has 1 fully saturated rings. The molecule has 0 aromatic carbocycles. The predicted octanol–water partition coefficient (Wildman–Crippen LogP) is 4.01. The van der Waals surface area contributed by atoms with Crippen LogP contribution in [0.2, 0.25) is 0 Å². The monoisotopic (exact) mass is 279 g/mol. The zero-order valence-electron chi connectivity index (χ0n) is 12.2. The fourth-order valence-electron chi connectivity index (χ4n) is 3.17. The first-order valence-electron chi connectivity index (χ1n) is 7.28. The van der Waals surface area contributed by atoms with Crippen LogP contribution in [0.1, 0.15) is 51.3 Å². The Labute approximate surface area is 120 Å². The molecular weight excluding hydrogens is 254 g/mol. The summed E-state index contributed by atoms with van der Waals surface area (Å²) in [5.41, 5.74) is 0.279. The van der Waals surface area contributed by atoms with Crippen LogP contribution < -0.4 is 5.32 Å². The van der Waals surface area contributed by atoms with Gasteiger partial charge in [0.2, 0.25) is 5.91 Å². The molecule has 2 atom stereocenters. The van der Waals surface area contributed by atoms with Gasteiger partial charge in [-0.2, -0.15) is 0 Å². The zero-order chi connectivity index (χ0) is 13.9. The topological polar surface area (TPSA) is 29.1 Å². The van der Waals surface area contributed by atoms with E-state index in [1.807, 2.05) is 17.5 Å². The molecule has 0 unspecified atom stereocenters. The van der Waals surface area contributed by atoms with Crippen LogP contribution in [0.3, 0.4) is 0 Å². The Morgan fingerprint density at radius 3 is 2.74 bits per heavy atom. The minimum atomic E-state index is 0.184. The molecule has 1 aliphatic rings. The number of nitrogens with one attached hydrogen (secondary N) is 1. The fraction of sp³-hybridized carbons (Fsp3) is 0.688. The van der Waals surface area contributed by atoms with Gasteiger partial charge in [0.25, 0.3) is 0 Å². The van der Waals surface area contributed by atoms with E-state index in [-0.39, 0.29) is 11.3 Å². The fourth-order valence-corrected chi connectivity index (χ4v) is 3.87. The van der Waals surface area contributed by atoms with Crippen LogP contribution in [0.15, 0.2) is 17.5 Å². The second-order valence-electron chi connectivity index (χ2n) is 6.69.